The Morgan fingerprint density at radius 1 is 1.14 bits per heavy atom. The van der Waals surface area contributed by atoms with Gasteiger partial charge in [-0.1, -0.05) is 18.2 Å². The third kappa shape index (κ3) is 4.36. The van der Waals surface area contributed by atoms with Crippen molar-refractivity contribution < 1.29 is 22.7 Å². The van der Waals surface area contributed by atoms with Crippen LogP contribution in [-0.4, -0.2) is 33.2 Å². The molecule has 1 amide bonds. The lowest BCUT2D eigenvalue weighted by atomic mass is 10.0. The Labute approximate surface area is 158 Å². The van der Waals surface area contributed by atoms with Crippen LogP contribution in [0.4, 0.5) is 13.2 Å². The molecule has 0 unspecified atom stereocenters. The summed E-state index contributed by atoms with van der Waals surface area (Å²) in [5.41, 5.74) is -1.07. The first kappa shape index (κ1) is 19.5. The van der Waals surface area contributed by atoms with Crippen LogP contribution in [0.1, 0.15) is 29.8 Å². The molecule has 146 valence electrons. The summed E-state index contributed by atoms with van der Waals surface area (Å²) >= 11 is 0. The molecule has 0 spiro atoms. The van der Waals surface area contributed by atoms with Gasteiger partial charge >= 0.3 is 6.18 Å². The molecule has 0 saturated heterocycles. The van der Waals surface area contributed by atoms with Gasteiger partial charge in [0.1, 0.15) is 12.2 Å². The van der Waals surface area contributed by atoms with Gasteiger partial charge in [0.15, 0.2) is 0 Å². The summed E-state index contributed by atoms with van der Waals surface area (Å²) in [6.07, 6.45) is -2.03. The van der Waals surface area contributed by atoms with Gasteiger partial charge in [0.25, 0.3) is 5.91 Å². The molecule has 0 saturated carbocycles. The molecular weight excluding hydrogens is 373 g/mol. The summed E-state index contributed by atoms with van der Waals surface area (Å²) in [5.74, 6) is -0.967. The molecule has 0 atom stereocenters. The largest absolute Gasteiger partial charge is 0.475 e. The van der Waals surface area contributed by atoms with Crippen molar-refractivity contribution >= 4 is 16.8 Å². The molecule has 0 aliphatic carbocycles. The van der Waals surface area contributed by atoms with E-state index < -0.39 is 29.1 Å². The van der Waals surface area contributed by atoms with Crippen LogP contribution in [-0.2, 0) is 6.18 Å². The van der Waals surface area contributed by atoms with Crippen molar-refractivity contribution in [3.05, 3.63) is 59.9 Å². The molecule has 0 bridgehead atoms. The first-order chi connectivity index (χ1) is 13.2. The van der Waals surface area contributed by atoms with Crippen molar-refractivity contribution in [3.8, 4) is 5.88 Å². The number of alkyl halides is 3. The van der Waals surface area contributed by atoms with Crippen LogP contribution < -0.4 is 10.1 Å². The molecule has 9 heteroatoms. The molecule has 0 aliphatic rings. The number of nitrogens with zero attached hydrogens (tertiary/aromatic N) is 3. The fourth-order valence-corrected chi connectivity index (χ4v) is 2.57. The highest BCUT2D eigenvalue weighted by atomic mass is 19.4. The van der Waals surface area contributed by atoms with Crippen molar-refractivity contribution in [2.45, 2.75) is 25.6 Å². The number of pyridine rings is 1. The summed E-state index contributed by atoms with van der Waals surface area (Å²) < 4.78 is 44.4. The highest BCUT2D eigenvalue weighted by Crippen LogP contribution is 2.34. The number of rotatable bonds is 5. The molecule has 1 N–H and O–H groups in total. The van der Waals surface area contributed by atoms with Crippen molar-refractivity contribution in [1.29, 1.82) is 0 Å². The summed E-state index contributed by atoms with van der Waals surface area (Å²) in [6.45, 7) is 3.06. The molecule has 0 fully saturated rings. The Morgan fingerprint density at radius 2 is 1.89 bits per heavy atom. The molecular formula is C19H17F3N4O2. The van der Waals surface area contributed by atoms with Crippen LogP contribution in [0.3, 0.4) is 0 Å². The number of aromatic nitrogens is 3. The lowest BCUT2D eigenvalue weighted by Gasteiger charge is -2.26. The van der Waals surface area contributed by atoms with Crippen molar-refractivity contribution in [1.82, 2.24) is 20.5 Å². The van der Waals surface area contributed by atoms with Crippen molar-refractivity contribution in [3.63, 3.8) is 0 Å². The number of carbonyl (C=O) groups is 1. The van der Waals surface area contributed by atoms with Crippen LogP contribution in [0.25, 0.3) is 10.9 Å². The van der Waals surface area contributed by atoms with E-state index in [1.54, 1.807) is 38.1 Å². The Kier molecular flexibility index (Phi) is 5.17. The van der Waals surface area contributed by atoms with E-state index in [9.17, 15) is 18.0 Å². The SMILES string of the molecule is CC(C)(COc1ncccc1C(F)(F)F)NC(=O)c1cnnc2ccccc12. The molecule has 2 aromatic heterocycles. The molecule has 3 rings (SSSR count). The number of halogens is 3. The molecule has 28 heavy (non-hydrogen) atoms. The summed E-state index contributed by atoms with van der Waals surface area (Å²) in [7, 11) is 0. The second-order valence-electron chi connectivity index (χ2n) is 6.76. The standard InChI is InChI=1S/C19H17F3N4O2/c1-18(2,11-28-17-14(19(20,21)22)7-5-9-23-17)25-16(27)13-10-24-26-15-8-4-3-6-12(13)15/h3-10H,11H2,1-2H3,(H,25,27). The van der Waals surface area contributed by atoms with Crippen LogP contribution in [0, 0.1) is 0 Å². The number of fused-ring (bicyclic) bond motifs is 1. The van der Waals surface area contributed by atoms with Gasteiger partial charge < -0.3 is 10.1 Å². The fraction of sp³-hybridized carbons (Fsp3) is 0.263. The van der Waals surface area contributed by atoms with E-state index in [-0.39, 0.29) is 6.61 Å². The van der Waals surface area contributed by atoms with Gasteiger partial charge in [-0.05, 0) is 32.0 Å². The maximum Gasteiger partial charge on any atom is 0.421 e. The maximum absolute atomic E-state index is 13.0. The van der Waals surface area contributed by atoms with Crippen LogP contribution in [0.5, 0.6) is 5.88 Å². The third-order valence-electron chi connectivity index (χ3n) is 3.89. The van der Waals surface area contributed by atoms with Gasteiger partial charge in [-0.3, -0.25) is 4.79 Å². The Hall–Kier alpha value is -3.23. The molecule has 0 radical (unpaired) electrons. The second-order valence-corrected chi connectivity index (χ2v) is 6.76. The topological polar surface area (TPSA) is 77.0 Å². The number of ether oxygens (including phenoxy) is 1. The van der Waals surface area contributed by atoms with Crippen molar-refractivity contribution in [2.75, 3.05) is 6.61 Å². The van der Waals surface area contributed by atoms with Gasteiger partial charge in [-0.2, -0.15) is 23.4 Å². The molecule has 1 aromatic carbocycles. The lowest BCUT2D eigenvalue weighted by molar-refractivity contribution is -0.139. The second kappa shape index (κ2) is 7.41. The van der Waals surface area contributed by atoms with Gasteiger partial charge in [0.2, 0.25) is 5.88 Å². The highest BCUT2D eigenvalue weighted by Gasteiger charge is 2.35. The fourth-order valence-electron chi connectivity index (χ4n) is 2.57. The normalized spacial score (nSPS) is 12.0. The molecule has 6 nitrogen and oxygen atoms in total. The Morgan fingerprint density at radius 3 is 2.64 bits per heavy atom. The number of hydrogen-bond acceptors (Lipinski definition) is 5. The molecule has 3 aromatic rings. The van der Waals surface area contributed by atoms with Gasteiger partial charge in [-0.25, -0.2) is 4.98 Å². The van der Waals surface area contributed by atoms with Crippen LogP contribution >= 0.6 is 0 Å². The smallest absolute Gasteiger partial charge is 0.421 e. The number of amides is 1. The summed E-state index contributed by atoms with van der Waals surface area (Å²) in [6, 6.07) is 9.10. The van der Waals surface area contributed by atoms with E-state index in [4.69, 9.17) is 4.74 Å². The summed E-state index contributed by atoms with van der Waals surface area (Å²) in [5, 5.41) is 11.2. The number of nitrogens with one attached hydrogen (secondary N) is 1. The van der Waals surface area contributed by atoms with E-state index >= 15 is 0 Å². The van der Waals surface area contributed by atoms with Gasteiger partial charge in [0, 0.05) is 11.6 Å². The van der Waals surface area contributed by atoms with Gasteiger partial charge in [0.05, 0.1) is 22.8 Å². The molecule has 2 heterocycles. The monoisotopic (exact) mass is 390 g/mol. The lowest BCUT2D eigenvalue weighted by Crippen LogP contribution is -2.48. The van der Waals surface area contributed by atoms with E-state index in [0.717, 1.165) is 6.07 Å². The minimum absolute atomic E-state index is 0.213. The first-order valence-corrected chi connectivity index (χ1v) is 8.35. The zero-order valence-corrected chi connectivity index (χ0v) is 15.1. The summed E-state index contributed by atoms with van der Waals surface area (Å²) in [4.78, 5) is 16.3. The zero-order chi connectivity index (χ0) is 20.4. The van der Waals surface area contributed by atoms with Crippen molar-refractivity contribution in [2.24, 2.45) is 0 Å². The van der Waals surface area contributed by atoms with Crippen LogP contribution in [0.2, 0.25) is 0 Å². The minimum Gasteiger partial charge on any atom is -0.475 e. The highest BCUT2D eigenvalue weighted by molar-refractivity contribution is 6.05. The zero-order valence-electron chi connectivity index (χ0n) is 15.1. The Bertz CT molecular complexity index is 1000. The van der Waals surface area contributed by atoms with Crippen LogP contribution in [0.15, 0.2) is 48.8 Å². The number of carbonyl (C=O) groups excluding carboxylic acids is 1. The van der Waals surface area contributed by atoms with E-state index in [1.165, 1.54) is 18.5 Å². The maximum atomic E-state index is 13.0. The Balaban J connectivity index is 1.75. The average molecular weight is 390 g/mol. The molecule has 0 aliphatic heterocycles. The number of benzene rings is 1. The average Bonchev–Trinajstić information content (AvgIpc) is 2.65. The quantitative estimate of drug-likeness (QED) is 0.720. The first-order valence-electron chi connectivity index (χ1n) is 8.35. The third-order valence-corrected chi connectivity index (χ3v) is 3.89. The van der Waals surface area contributed by atoms with E-state index in [1.807, 2.05) is 0 Å². The van der Waals surface area contributed by atoms with Gasteiger partial charge in [-0.15, -0.1) is 0 Å². The van der Waals surface area contributed by atoms with E-state index in [2.05, 4.69) is 20.5 Å². The number of hydrogen-bond donors (Lipinski definition) is 1. The minimum atomic E-state index is -4.58. The predicted molar refractivity (Wildman–Crippen MR) is 95.8 cm³/mol. The van der Waals surface area contributed by atoms with E-state index in [0.29, 0.717) is 16.5 Å². The predicted octanol–water partition coefficient (Wildman–Crippen LogP) is 3.63.